The minimum atomic E-state index is -0.0210. The number of nitrogens with two attached hydrogens (primary N) is 1. The van der Waals surface area contributed by atoms with E-state index in [1.165, 1.54) is 12.4 Å². The zero-order chi connectivity index (χ0) is 21.6. The van der Waals surface area contributed by atoms with Crippen LogP contribution in [0.25, 0.3) is 11.1 Å². The van der Waals surface area contributed by atoms with Gasteiger partial charge >= 0.3 is 0 Å². The average Bonchev–Trinajstić information content (AvgIpc) is 3.28. The van der Waals surface area contributed by atoms with Crippen molar-refractivity contribution in [2.75, 3.05) is 30.7 Å². The summed E-state index contributed by atoms with van der Waals surface area (Å²) in [5.74, 6) is 2.92. The van der Waals surface area contributed by atoms with E-state index in [9.17, 15) is 4.79 Å². The normalized spacial score (nSPS) is 15.5. The molecule has 1 atom stereocenters. The molecule has 0 saturated carbocycles. The van der Waals surface area contributed by atoms with Gasteiger partial charge in [0, 0.05) is 19.6 Å². The van der Waals surface area contributed by atoms with Crippen LogP contribution in [0, 0.1) is 5.92 Å². The molecule has 31 heavy (non-hydrogen) atoms. The second kappa shape index (κ2) is 9.30. The lowest BCUT2D eigenvalue weighted by atomic mass is 10.1. The van der Waals surface area contributed by atoms with Crippen molar-refractivity contribution < 1.29 is 9.53 Å². The van der Waals surface area contributed by atoms with Crippen molar-refractivity contribution in [2.24, 2.45) is 5.92 Å². The maximum absolute atomic E-state index is 11.8. The third kappa shape index (κ3) is 4.83. The van der Waals surface area contributed by atoms with Crippen molar-refractivity contribution in [3.63, 3.8) is 0 Å². The van der Waals surface area contributed by atoms with Gasteiger partial charge in [-0.05, 0) is 48.2 Å². The quantitative estimate of drug-likeness (QED) is 0.567. The molecule has 0 spiro atoms. The first-order chi connectivity index (χ1) is 15.1. The molecule has 7 nitrogen and oxygen atoms in total. The van der Waals surface area contributed by atoms with Crippen LogP contribution in [-0.2, 0) is 4.79 Å². The Morgan fingerprint density at radius 2 is 1.90 bits per heavy atom. The summed E-state index contributed by atoms with van der Waals surface area (Å²) in [7, 11) is 0. The number of nitrogens with zero attached hydrogens (tertiary/aromatic N) is 3. The topological polar surface area (TPSA) is 93.4 Å². The fraction of sp³-hybridized carbons (Fsp3) is 0.208. The van der Waals surface area contributed by atoms with Crippen LogP contribution in [0.4, 0.5) is 11.6 Å². The molecule has 1 amide bonds. The van der Waals surface area contributed by atoms with Crippen molar-refractivity contribution in [1.82, 2.24) is 14.9 Å². The summed E-state index contributed by atoms with van der Waals surface area (Å²) in [6, 6.07) is 17.3. The van der Waals surface area contributed by atoms with Crippen LogP contribution in [0.3, 0.4) is 0 Å². The largest absolute Gasteiger partial charge is 0.457 e. The van der Waals surface area contributed by atoms with Gasteiger partial charge in [-0.15, -0.1) is 0 Å². The maximum Gasteiger partial charge on any atom is 0.245 e. The number of anilines is 2. The van der Waals surface area contributed by atoms with Crippen molar-refractivity contribution in [3.8, 4) is 22.6 Å². The Balaban J connectivity index is 1.46. The van der Waals surface area contributed by atoms with E-state index in [1.54, 1.807) is 0 Å². The van der Waals surface area contributed by atoms with Gasteiger partial charge in [-0.25, -0.2) is 9.97 Å². The summed E-state index contributed by atoms with van der Waals surface area (Å²) in [6.07, 6.45) is 3.76. The fourth-order valence-corrected chi connectivity index (χ4v) is 3.70. The molecule has 3 aromatic rings. The van der Waals surface area contributed by atoms with Crippen LogP contribution in [-0.4, -0.2) is 40.4 Å². The van der Waals surface area contributed by atoms with E-state index in [2.05, 4.69) is 21.9 Å². The zero-order valence-electron chi connectivity index (χ0n) is 17.2. The summed E-state index contributed by atoms with van der Waals surface area (Å²) in [6.45, 7) is 5.71. The summed E-state index contributed by atoms with van der Waals surface area (Å²) < 4.78 is 5.87. The van der Waals surface area contributed by atoms with E-state index >= 15 is 0 Å². The molecule has 3 N–H and O–H groups in total. The standard InChI is InChI=1S/C24H25N5O2/c1-2-21(30)29-13-12-17(15-29)14-26-24-22(23(25)27-16-28-24)18-8-10-20(11-9-18)31-19-6-4-3-5-7-19/h2-11,16-17H,1,12-15H2,(H3,25,26,27,28)/t17-/m1/s1. The number of nitrogen functional groups attached to an aromatic ring is 1. The number of carbonyl (C=O) groups is 1. The number of hydrogen-bond donors (Lipinski definition) is 2. The monoisotopic (exact) mass is 415 g/mol. The first-order valence-corrected chi connectivity index (χ1v) is 10.2. The minimum absolute atomic E-state index is 0.0210. The molecule has 1 saturated heterocycles. The van der Waals surface area contributed by atoms with E-state index in [0.29, 0.717) is 30.6 Å². The van der Waals surface area contributed by atoms with Gasteiger partial charge in [0.15, 0.2) is 0 Å². The van der Waals surface area contributed by atoms with Crippen molar-refractivity contribution in [1.29, 1.82) is 0 Å². The summed E-state index contributed by atoms with van der Waals surface area (Å²) in [4.78, 5) is 22.2. The van der Waals surface area contributed by atoms with Crippen molar-refractivity contribution >= 4 is 17.5 Å². The Kier molecular flexibility index (Phi) is 6.12. The predicted molar refractivity (Wildman–Crippen MR) is 122 cm³/mol. The number of rotatable bonds is 7. The molecule has 1 fully saturated rings. The number of para-hydroxylation sites is 1. The molecule has 4 rings (SSSR count). The molecular formula is C24H25N5O2. The van der Waals surface area contributed by atoms with Gasteiger partial charge in [0.1, 0.15) is 29.5 Å². The van der Waals surface area contributed by atoms with E-state index in [-0.39, 0.29) is 5.91 Å². The SMILES string of the molecule is C=CC(=O)N1CC[C@H](CNc2ncnc(N)c2-c2ccc(Oc3ccccc3)cc2)C1. The Hall–Kier alpha value is -3.87. The van der Waals surface area contributed by atoms with E-state index in [1.807, 2.05) is 59.5 Å². The fourth-order valence-electron chi connectivity index (χ4n) is 3.70. The molecule has 1 aliphatic heterocycles. The summed E-state index contributed by atoms with van der Waals surface area (Å²) in [5.41, 5.74) is 7.85. The molecule has 0 bridgehead atoms. The average molecular weight is 415 g/mol. The lowest BCUT2D eigenvalue weighted by Gasteiger charge is -2.17. The van der Waals surface area contributed by atoms with Crippen LogP contribution in [0.5, 0.6) is 11.5 Å². The Labute approximate surface area is 181 Å². The number of carbonyl (C=O) groups excluding carboxylic acids is 1. The number of nitrogens with one attached hydrogen (secondary N) is 1. The number of aromatic nitrogens is 2. The van der Waals surface area contributed by atoms with Gasteiger partial charge in [-0.1, -0.05) is 36.9 Å². The van der Waals surface area contributed by atoms with Crippen molar-refractivity contribution in [3.05, 3.63) is 73.6 Å². The molecule has 7 heteroatoms. The molecule has 0 unspecified atom stereocenters. The van der Waals surface area contributed by atoms with E-state index < -0.39 is 0 Å². The molecule has 2 aromatic carbocycles. The summed E-state index contributed by atoms with van der Waals surface area (Å²) in [5, 5.41) is 3.40. The second-order valence-corrected chi connectivity index (χ2v) is 7.45. The highest BCUT2D eigenvalue weighted by atomic mass is 16.5. The summed E-state index contributed by atoms with van der Waals surface area (Å²) >= 11 is 0. The minimum Gasteiger partial charge on any atom is -0.457 e. The number of amides is 1. The third-order valence-corrected chi connectivity index (χ3v) is 5.33. The van der Waals surface area contributed by atoms with Gasteiger partial charge in [0.05, 0.1) is 5.56 Å². The van der Waals surface area contributed by atoms with Crippen LogP contribution in [0.15, 0.2) is 73.6 Å². The van der Waals surface area contributed by atoms with E-state index in [4.69, 9.17) is 10.5 Å². The molecule has 2 heterocycles. The number of benzene rings is 2. The first-order valence-electron chi connectivity index (χ1n) is 10.2. The second-order valence-electron chi connectivity index (χ2n) is 7.45. The number of ether oxygens (including phenoxy) is 1. The van der Waals surface area contributed by atoms with Gasteiger partial charge < -0.3 is 20.7 Å². The molecule has 1 aliphatic rings. The molecule has 0 aliphatic carbocycles. The van der Waals surface area contributed by atoms with Crippen LogP contribution < -0.4 is 15.8 Å². The molecule has 1 aromatic heterocycles. The van der Waals surface area contributed by atoms with Gasteiger partial charge in [0.2, 0.25) is 5.91 Å². The number of likely N-dealkylation sites (tertiary alicyclic amines) is 1. The Morgan fingerprint density at radius 1 is 1.16 bits per heavy atom. The third-order valence-electron chi connectivity index (χ3n) is 5.33. The predicted octanol–water partition coefficient (Wildman–Crippen LogP) is 3.96. The molecule has 0 radical (unpaired) electrons. The lowest BCUT2D eigenvalue weighted by molar-refractivity contribution is -0.125. The van der Waals surface area contributed by atoms with Crippen LogP contribution in [0.1, 0.15) is 6.42 Å². The zero-order valence-corrected chi connectivity index (χ0v) is 17.2. The molecular weight excluding hydrogens is 390 g/mol. The Bertz CT molecular complexity index is 1050. The Morgan fingerprint density at radius 3 is 2.65 bits per heavy atom. The smallest absolute Gasteiger partial charge is 0.245 e. The maximum atomic E-state index is 11.8. The van der Waals surface area contributed by atoms with Crippen molar-refractivity contribution in [2.45, 2.75) is 6.42 Å². The van der Waals surface area contributed by atoms with Crippen LogP contribution >= 0.6 is 0 Å². The highest BCUT2D eigenvalue weighted by molar-refractivity contribution is 5.87. The van der Waals surface area contributed by atoms with Gasteiger partial charge in [-0.2, -0.15) is 0 Å². The first kappa shape index (κ1) is 20.4. The van der Waals surface area contributed by atoms with E-state index in [0.717, 1.165) is 35.6 Å². The van der Waals surface area contributed by atoms with Gasteiger partial charge in [-0.3, -0.25) is 4.79 Å². The highest BCUT2D eigenvalue weighted by Crippen LogP contribution is 2.33. The number of hydrogen-bond acceptors (Lipinski definition) is 6. The molecule has 158 valence electrons. The lowest BCUT2D eigenvalue weighted by Crippen LogP contribution is -2.28. The highest BCUT2D eigenvalue weighted by Gasteiger charge is 2.25. The van der Waals surface area contributed by atoms with Gasteiger partial charge in [0.25, 0.3) is 0 Å². The van der Waals surface area contributed by atoms with Crippen LogP contribution in [0.2, 0.25) is 0 Å².